The van der Waals surface area contributed by atoms with E-state index in [1.165, 1.54) is 7.11 Å². The summed E-state index contributed by atoms with van der Waals surface area (Å²) in [6.45, 7) is 4.41. The summed E-state index contributed by atoms with van der Waals surface area (Å²) in [5.74, 6) is 0.342. The molecule has 2 N–H and O–H groups in total. The number of carbonyl (C=O) groups excluding carboxylic acids is 1. The molecule has 6 nitrogen and oxygen atoms in total. The second-order valence-corrected chi connectivity index (χ2v) is 7.13. The largest absolute Gasteiger partial charge is 0.483 e. The molecule has 0 bridgehead atoms. The number of aromatic nitrogens is 1. The molecule has 0 saturated carbocycles. The summed E-state index contributed by atoms with van der Waals surface area (Å²) in [6, 6.07) is 5.62. The van der Waals surface area contributed by atoms with E-state index in [4.69, 9.17) is 9.47 Å². The van der Waals surface area contributed by atoms with Gasteiger partial charge in [-0.2, -0.15) is 0 Å². The fourth-order valence-electron chi connectivity index (χ4n) is 4.05. The molecule has 3 unspecified atom stereocenters. The minimum Gasteiger partial charge on any atom is -0.483 e. The van der Waals surface area contributed by atoms with Crippen molar-refractivity contribution in [2.24, 2.45) is 0 Å². The number of ether oxygens (including phenoxy) is 2. The molecule has 3 heterocycles. The number of nitrogens with one attached hydrogen (secondary N) is 1. The van der Waals surface area contributed by atoms with Crippen LogP contribution in [-0.4, -0.2) is 41.4 Å². The van der Waals surface area contributed by atoms with Crippen LogP contribution in [0.15, 0.2) is 18.2 Å². The molecule has 132 valence electrons. The Bertz CT molecular complexity index is 866. The highest BCUT2D eigenvalue weighted by Crippen LogP contribution is 2.47. The number of hydrogen-bond acceptors (Lipinski definition) is 6. The number of fused-ring (bicyclic) bond motifs is 3. The molecular weight excluding hydrogens is 320 g/mol. The highest BCUT2D eigenvalue weighted by atomic mass is 16.5. The Morgan fingerprint density at radius 2 is 2.20 bits per heavy atom. The molecule has 3 atom stereocenters. The predicted molar refractivity (Wildman–Crippen MR) is 92.6 cm³/mol. The first kappa shape index (κ1) is 16.3. The van der Waals surface area contributed by atoms with Crippen LogP contribution in [0.4, 0.5) is 0 Å². The summed E-state index contributed by atoms with van der Waals surface area (Å²) in [4.78, 5) is 16.5. The molecule has 1 saturated heterocycles. The first-order chi connectivity index (χ1) is 11.9. The van der Waals surface area contributed by atoms with E-state index in [1.54, 1.807) is 0 Å². The Morgan fingerprint density at radius 3 is 2.96 bits per heavy atom. The van der Waals surface area contributed by atoms with Crippen molar-refractivity contribution >= 4 is 16.9 Å². The highest BCUT2D eigenvalue weighted by Gasteiger charge is 2.49. The monoisotopic (exact) mass is 342 g/mol. The number of pyridine rings is 1. The molecule has 1 spiro atoms. The topological polar surface area (TPSA) is 80.7 Å². The van der Waals surface area contributed by atoms with Crippen molar-refractivity contribution in [2.45, 2.75) is 44.4 Å². The number of carbonyl (C=O) groups is 1. The number of hydrogen-bond donors (Lipinski definition) is 2. The van der Waals surface area contributed by atoms with Gasteiger partial charge in [-0.05, 0) is 26.0 Å². The summed E-state index contributed by atoms with van der Waals surface area (Å²) in [7, 11) is 1.38. The van der Waals surface area contributed by atoms with Crippen LogP contribution in [-0.2, 0) is 9.53 Å². The lowest BCUT2D eigenvalue weighted by molar-refractivity contribution is -0.143. The second-order valence-electron chi connectivity index (χ2n) is 7.13. The van der Waals surface area contributed by atoms with Crippen LogP contribution in [0.3, 0.4) is 0 Å². The van der Waals surface area contributed by atoms with Crippen LogP contribution < -0.4 is 10.1 Å². The van der Waals surface area contributed by atoms with E-state index in [0.717, 1.165) is 27.7 Å². The molecule has 1 fully saturated rings. The minimum absolute atomic E-state index is 0.301. The molecule has 6 heteroatoms. The van der Waals surface area contributed by atoms with E-state index >= 15 is 0 Å². The maximum atomic E-state index is 11.8. The van der Waals surface area contributed by atoms with Crippen LogP contribution in [0.2, 0.25) is 0 Å². The SMILES string of the molecule is COC(=O)C1CC2(CN1)CC(O)c1c(c(C)nc3ccc(C)cc13)O2. The number of benzene rings is 1. The molecule has 2 aliphatic rings. The van der Waals surface area contributed by atoms with Gasteiger partial charge in [-0.15, -0.1) is 0 Å². The summed E-state index contributed by atoms with van der Waals surface area (Å²) < 4.78 is 11.2. The Kier molecular flexibility index (Phi) is 3.70. The standard InChI is InChI=1S/C19H22N2O4/c1-10-4-5-13-12(6-10)16-15(22)8-19(25-17(16)11(2)21-13)7-14(20-9-19)18(23)24-3/h4-6,14-15,20,22H,7-9H2,1-3H3. The smallest absolute Gasteiger partial charge is 0.323 e. The Balaban J connectivity index is 1.78. The zero-order chi connectivity index (χ0) is 17.8. The lowest BCUT2D eigenvalue weighted by Gasteiger charge is -2.38. The average Bonchev–Trinajstić information content (AvgIpc) is 2.98. The van der Waals surface area contributed by atoms with Crippen molar-refractivity contribution in [3.8, 4) is 5.75 Å². The van der Waals surface area contributed by atoms with Gasteiger partial charge in [0.25, 0.3) is 0 Å². The summed E-state index contributed by atoms with van der Waals surface area (Å²) >= 11 is 0. The first-order valence-electron chi connectivity index (χ1n) is 8.51. The number of nitrogens with zero attached hydrogens (tertiary/aromatic N) is 1. The van der Waals surface area contributed by atoms with E-state index in [2.05, 4.69) is 10.3 Å². The van der Waals surface area contributed by atoms with Gasteiger partial charge < -0.3 is 19.9 Å². The summed E-state index contributed by atoms with van der Waals surface area (Å²) in [5, 5.41) is 15.0. The maximum absolute atomic E-state index is 11.8. The van der Waals surface area contributed by atoms with Gasteiger partial charge in [-0.3, -0.25) is 4.79 Å². The Hall–Kier alpha value is -2.18. The van der Waals surface area contributed by atoms with Crippen molar-refractivity contribution in [1.29, 1.82) is 0 Å². The van der Waals surface area contributed by atoms with Crippen LogP contribution in [0, 0.1) is 13.8 Å². The molecule has 1 aromatic carbocycles. The van der Waals surface area contributed by atoms with Crippen LogP contribution >= 0.6 is 0 Å². The van der Waals surface area contributed by atoms with E-state index in [1.807, 2.05) is 32.0 Å². The van der Waals surface area contributed by atoms with Gasteiger partial charge in [-0.25, -0.2) is 4.98 Å². The van der Waals surface area contributed by atoms with Gasteiger partial charge in [0.05, 0.1) is 24.4 Å². The molecule has 0 aliphatic carbocycles. The number of aryl methyl sites for hydroxylation is 2. The first-order valence-corrected chi connectivity index (χ1v) is 8.51. The van der Waals surface area contributed by atoms with Crippen LogP contribution in [0.1, 0.15) is 35.8 Å². The zero-order valence-corrected chi connectivity index (χ0v) is 14.6. The number of aliphatic hydroxyl groups excluding tert-OH is 1. The van der Waals surface area contributed by atoms with Gasteiger partial charge in [0.1, 0.15) is 17.4 Å². The van der Waals surface area contributed by atoms with Crippen molar-refractivity contribution in [3.63, 3.8) is 0 Å². The maximum Gasteiger partial charge on any atom is 0.323 e. The third kappa shape index (κ3) is 2.56. The van der Waals surface area contributed by atoms with Crippen molar-refractivity contribution in [3.05, 3.63) is 35.0 Å². The minimum atomic E-state index is -0.659. The number of aliphatic hydroxyl groups is 1. The van der Waals surface area contributed by atoms with Gasteiger partial charge in [0, 0.05) is 30.3 Å². The average molecular weight is 342 g/mol. The molecule has 0 amide bonds. The zero-order valence-electron chi connectivity index (χ0n) is 14.6. The Morgan fingerprint density at radius 1 is 1.40 bits per heavy atom. The fourth-order valence-corrected chi connectivity index (χ4v) is 4.05. The van der Waals surface area contributed by atoms with E-state index < -0.39 is 17.7 Å². The molecule has 4 rings (SSSR count). The van der Waals surface area contributed by atoms with E-state index in [9.17, 15) is 9.90 Å². The number of esters is 1. The third-order valence-corrected chi connectivity index (χ3v) is 5.25. The summed E-state index contributed by atoms with van der Waals surface area (Å²) in [6.07, 6.45) is 0.252. The third-order valence-electron chi connectivity index (χ3n) is 5.25. The lowest BCUT2D eigenvalue weighted by atomic mass is 9.85. The number of methoxy groups -OCH3 is 1. The highest BCUT2D eigenvalue weighted by molar-refractivity contribution is 5.86. The quantitative estimate of drug-likeness (QED) is 0.771. The number of rotatable bonds is 1. The van der Waals surface area contributed by atoms with Crippen molar-refractivity contribution < 1.29 is 19.4 Å². The fraction of sp³-hybridized carbons (Fsp3) is 0.474. The molecular formula is C19H22N2O4. The molecule has 0 radical (unpaired) electrons. The van der Waals surface area contributed by atoms with Gasteiger partial charge in [0.2, 0.25) is 0 Å². The van der Waals surface area contributed by atoms with E-state index in [-0.39, 0.29) is 5.97 Å². The second kappa shape index (κ2) is 5.68. The normalized spacial score (nSPS) is 28.0. The molecule has 1 aromatic heterocycles. The Labute approximate surface area is 146 Å². The van der Waals surface area contributed by atoms with Crippen molar-refractivity contribution in [2.75, 3.05) is 13.7 Å². The van der Waals surface area contributed by atoms with E-state index in [0.29, 0.717) is 25.1 Å². The van der Waals surface area contributed by atoms with Crippen LogP contribution in [0.5, 0.6) is 5.75 Å². The lowest BCUT2D eigenvalue weighted by Crippen LogP contribution is -2.43. The summed E-state index contributed by atoms with van der Waals surface area (Å²) in [5.41, 5.74) is 2.91. The van der Waals surface area contributed by atoms with Crippen molar-refractivity contribution in [1.82, 2.24) is 10.3 Å². The predicted octanol–water partition coefficient (Wildman–Crippen LogP) is 1.94. The van der Waals surface area contributed by atoms with Gasteiger partial charge >= 0.3 is 5.97 Å². The molecule has 2 aromatic rings. The van der Waals surface area contributed by atoms with Gasteiger partial charge in [-0.1, -0.05) is 11.6 Å². The molecule has 2 aliphatic heterocycles. The van der Waals surface area contributed by atoms with Gasteiger partial charge in [0.15, 0.2) is 0 Å². The van der Waals surface area contributed by atoms with Crippen LogP contribution in [0.25, 0.3) is 10.9 Å². The molecule has 25 heavy (non-hydrogen) atoms.